The van der Waals surface area contributed by atoms with Crippen LogP contribution in [-0.4, -0.2) is 34.9 Å². The Kier molecular flexibility index (Phi) is 5.73. The molecule has 1 atom stereocenters. The number of oxazole rings is 1. The third-order valence-electron chi connectivity index (χ3n) is 5.14. The topological polar surface area (TPSA) is 101 Å². The third-order valence-corrected chi connectivity index (χ3v) is 6.37. The minimum atomic E-state index is -0.633. The average Bonchev–Trinajstić information content (AvgIpc) is 3.37. The summed E-state index contributed by atoms with van der Waals surface area (Å²) < 4.78 is 5.88. The van der Waals surface area contributed by atoms with Crippen molar-refractivity contribution < 1.29 is 14.0 Å². The van der Waals surface area contributed by atoms with Crippen LogP contribution >= 0.6 is 22.9 Å². The van der Waals surface area contributed by atoms with Gasteiger partial charge < -0.3 is 20.4 Å². The lowest BCUT2D eigenvalue weighted by Gasteiger charge is -2.31. The minimum absolute atomic E-state index is 0.0000491. The summed E-state index contributed by atoms with van der Waals surface area (Å²) in [6.07, 6.45) is 1.74. The van der Waals surface area contributed by atoms with Crippen LogP contribution in [0.25, 0.3) is 11.1 Å². The zero-order valence-electron chi connectivity index (χ0n) is 15.6. The van der Waals surface area contributed by atoms with Gasteiger partial charge in [0, 0.05) is 28.9 Å². The van der Waals surface area contributed by atoms with Crippen molar-refractivity contribution in [1.29, 1.82) is 0 Å². The molecule has 29 heavy (non-hydrogen) atoms. The highest BCUT2D eigenvalue weighted by Crippen LogP contribution is 2.31. The Labute approximate surface area is 176 Å². The van der Waals surface area contributed by atoms with Crippen LogP contribution in [0.3, 0.4) is 0 Å². The normalized spacial score (nSPS) is 16.1. The Morgan fingerprint density at radius 3 is 2.83 bits per heavy atom. The molecule has 1 fully saturated rings. The number of thiophene rings is 1. The Bertz CT molecular complexity index is 1010. The highest BCUT2D eigenvalue weighted by molar-refractivity contribution is 7.10. The highest BCUT2D eigenvalue weighted by Gasteiger charge is 2.29. The Hall–Kier alpha value is -2.58. The number of hydrogen-bond acceptors (Lipinski definition) is 5. The fraction of sp³-hybridized carbons (Fsp3) is 0.350. The molecular formula is C20H21ClN4O3S. The summed E-state index contributed by atoms with van der Waals surface area (Å²) in [5.74, 6) is 0.864. The first-order valence-electron chi connectivity index (χ1n) is 9.42. The zero-order valence-corrected chi connectivity index (χ0v) is 17.2. The van der Waals surface area contributed by atoms with Gasteiger partial charge in [-0.2, -0.15) is 0 Å². The van der Waals surface area contributed by atoms with E-state index in [1.807, 2.05) is 28.5 Å². The summed E-state index contributed by atoms with van der Waals surface area (Å²) >= 11 is 7.51. The third kappa shape index (κ3) is 4.54. The summed E-state index contributed by atoms with van der Waals surface area (Å²) in [6, 6.07) is 8.14. The number of nitrogens with one attached hydrogen (secondary N) is 1. The molecule has 1 aliphatic rings. The molecule has 3 N–H and O–H groups in total. The van der Waals surface area contributed by atoms with Gasteiger partial charge in [0.25, 0.3) is 0 Å². The van der Waals surface area contributed by atoms with Crippen LogP contribution in [-0.2, 0) is 4.79 Å². The second-order valence-corrected chi connectivity index (χ2v) is 8.52. The molecule has 0 aliphatic carbocycles. The molecule has 4 rings (SSSR count). The van der Waals surface area contributed by atoms with Crippen molar-refractivity contribution >= 4 is 46.0 Å². The number of urea groups is 1. The van der Waals surface area contributed by atoms with Crippen molar-refractivity contribution in [1.82, 2.24) is 15.2 Å². The van der Waals surface area contributed by atoms with Gasteiger partial charge in [0.15, 0.2) is 11.5 Å². The lowest BCUT2D eigenvalue weighted by Crippen LogP contribution is -2.41. The number of nitrogens with two attached hydrogens (primary N) is 1. The summed E-state index contributed by atoms with van der Waals surface area (Å²) in [6.45, 7) is 1.24. The number of fused-ring (bicyclic) bond motifs is 1. The second kappa shape index (κ2) is 8.42. The van der Waals surface area contributed by atoms with Crippen LogP contribution in [0.15, 0.2) is 40.1 Å². The number of hydrogen-bond donors (Lipinski definition) is 2. The first kappa shape index (κ1) is 19.7. The van der Waals surface area contributed by atoms with E-state index in [9.17, 15) is 9.59 Å². The van der Waals surface area contributed by atoms with Gasteiger partial charge in [0.1, 0.15) is 5.52 Å². The van der Waals surface area contributed by atoms with E-state index < -0.39 is 12.1 Å². The fourth-order valence-corrected chi connectivity index (χ4v) is 4.60. The van der Waals surface area contributed by atoms with E-state index in [4.69, 9.17) is 21.8 Å². The number of aromatic nitrogens is 1. The summed E-state index contributed by atoms with van der Waals surface area (Å²) in [5.41, 5.74) is 6.76. The molecule has 0 radical (unpaired) electrons. The van der Waals surface area contributed by atoms with Gasteiger partial charge >= 0.3 is 6.03 Å². The van der Waals surface area contributed by atoms with Crippen LogP contribution in [0, 0.1) is 0 Å². The lowest BCUT2D eigenvalue weighted by atomic mass is 9.96. The van der Waals surface area contributed by atoms with Crippen LogP contribution in [0.2, 0.25) is 5.02 Å². The highest BCUT2D eigenvalue weighted by atomic mass is 35.5. The van der Waals surface area contributed by atoms with Crippen molar-refractivity contribution in [3.63, 3.8) is 0 Å². The van der Waals surface area contributed by atoms with Gasteiger partial charge in [-0.05, 0) is 42.5 Å². The Morgan fingerprint density at radius 1 is 1.34 bits per heavy atom. The molecule has 9 heteroatoms. The van der Waals surface area contributed by atoms with Gasteiger partial charge in [-0.3, -0.25) is 4.79 Å². The number of piperidine rings is 1. The summed E-state index contributed by atoms with van der Waals surface area (Å²) in [4.78, 5) is 31.4. The molecule has 3 heterocycles. The lowest BCUT2D eigenvalue weighted by molar-refractivity contribution is -0.132. The van der Waals surface area contributed by atoms with E-state index in [1.165, 1.54) is 11.3 Å². The number of halogens is 1. The molecule has 0 saturated carbocycles. The maximum absolute atomic E-state index is 12.8. The van der Waals surface area contributed by atoms with Crippen LogP contribution in [0.4, 0.5) is 4.79 Å². The van der Waals surface area contributed by atoms with Gasteiger partial charge in [-0.15, -0.1) is 11.3 Å². The molecule has 0 bridgehead atoms. The van der Waals surface area contributed by atoms with E-state index in [-0.39, 0.29) is 18.2 Å². The fourth-order valence-electron chi connectivity index (χ4n) is 3.66. The molecule has 1 aromatic carbocycles. The minimum Gasteiger partial charge on any atom is -0.440 e. The summed E-state index contributed by atoms with van der Waals surface area (Å²) in [7, 11) is 0. The quantitative estimate of drug-likeness (QED) is 0.634. The van der Waals surface area contributed by atoms with Crippen molar-refractivity contribution in [2.24, 2.45) is 5.73 Å². The number of carbonyl (C=O) groups is 2. The van der Waals surface area contributed by atoms with Crippen molar-refractivity contribution in [3.8, 4) is 0 Å². The number of rotatable bonds is 5. The number of carbonyl (C=O) groups excluding carboxylic acids is 2. The van der Waals surface area contributed by atoms with Crippen LogP contribution in [0.5, 0.6) is 0 Å². The predicted molar refractivity (Wildman–Crippen MR) is 112 cm³/mol. The molecule has 152 valence electrons. The van der Waals surface area contributed by atoms with E-state index in [2.05, 4.69) is 10.3 Å². The van der Waals surface area contributed by atoms with E-state index in [0.29, 0.717) is 24.0 Å². The molecule has 0 spiro atoms. The zero-order chi connectivity index (χ0) is 20.4. The van der Waals surface area contributed by atoms with Crippen molar-refractivity contribution in [3.05, 3.63) is 51.5 Å². The number of nitrogens with zero attached hydrogens (tertiary/aromatic N) is 2. The first-order chi connectivity index (χ1) is 14.0. The van der Waals surface area contributed by atoms with Gasteiger partial charge in [-0.25, -0.2) is 9.78 Å². The van der Waals surface area contributed by atoms with Gasteiger partial charge in [0.2, 0.25) is 5.91 Å². The Morgan fingerprint density at radius 2 is 2.14 bits per heavy atom. The van der Waals surface area contributed by atoms with E-state index in [0.717, 1.165) is 28.8 Å². The molecule has 2 aromatic heterocycles. The molecular weight excluding hydrogens is 412 g/mol. The summed E-state index contributed by atoms with van der Waals surface area (Å²) in [5, 5.41) is 5.21. The number of amides is 3. The second-order valence-electron chi connectivity index (χ2n) is 7.10. The largest absolute Gasteiger partial charge is 0.440 e. The standard InChI is InChI=1S/C20H21ClN4O3S/c21-13-3-4-16-14(10-13)23-19(28-16)12-5-7-25(8-6-12)18(26)11-15(24-20(22)27)17-2-1-9-29-17/h1-4,9-10,12,15H,5-8,11H2,(H3,22,24,27). The van der Waals surface area contributed by atoms with Gasteiger partial charge in [0.05, 0.1) is 12.5 Å². The Balaban J connectivity index is 1.38. The molecule has 3 aromatic rings. The maximum Gasteiger partial charge on any atom is 0.312 e. The number of likely N-dealkylation sites (tertiary alicyclic amines) is 1. The average molecular weight is 433 g/mol. The molecule has 7 nitrogen and oxygen atoms in total. The number of benzene rings is 1. The number of primary amides is 1. The molecule has 1 saturated heterocycles. The first-order valence-corrected chi connectivity index (χ1v) is 10.7. The maximum atomic E-state index is 12.8. The van der Waals surface area contributed by atoms with Crippen molar-refractivity contribution in [2.45, 2.75) is 31.2 Å². The van der Waals surface area contributed by atoms with Crippen molar-refractivity contribution in [2.75, 3.05) is 13.1 Å². The predicted octanol–water partition coefficient (Wildman–Crippen LogP) is 4.05. The van der Waals surface area contributed by atoms with E-state index >= 15 is 0 Å². The molecule has 1 unspecified atom stereocenters. The van der Waals surface area contributed by atoms with E-state index in [1.54, 1.807) is 12.1 Å². The monoisotopic (exact) mass is 432 g/mol. The molecule has 3 amide bonds. The van der Waals surface area contributed by atoms with Crippen LogP contribution < -0.4 is 11.1 Å². The molecule has 1 aliphatic heterocycles. The van der Waals surface area contributed by atoms with Crippen LogP contribution in [0.1, 0.15) is 42.0 Å². The SMILES string of the molecule is NC(=O)NC(CC(=O)N1CCC(c2nc3cc(Cl)ccc3o2)CC1)c1cccs1. The van der Waals surface area contributed by atoms with Gasteiger partial charge in [-0.1, -0.05) is 17.7 Å². The smallest absolute Gasteiger partial charge is 0.312 e.